The maximum absolute atomic E-state index is 5.15. The average molecular weight is 777 g/mol. The van der Waals surface area contributed by atoms with Gasteiger partial charge in [0.25, 0.3) is 0 Å². The minimum Gasteiger partial charge on any atom is -0.308 e. The van der Waals surface area contributed by atoms with E-state index < -0.39 is 0 Å². The molecule has 284 valence electrons. The normalized spacial score (nSPS) is 11.6. The zero-order chi connectivity index (χ0) is 40.3. The maximum Gasteiger partial charge on any atom is 0.164 e. The highest BCUT2D eigenvalue weighted by atomic mass is 15.0. The second-order valence-electron chi connectivity index (χ2n) is 15.6. The Morgan fingerprint density at radius 3 is 1.16 bits per heavy atom. The maximum atomic E-state index is 5.15. The van der Waals surface area contributed by atoms with Gasteiger partial charge in [0.05, 0.1) is 16.6 Å². The Morgan fingerprint density at radius 2 is 0.590 bits per heavy atom. The van der Waals surface area contributed by atoms with Crippen molar-refractivity contribution in [3.63, 3.8) is 0 Å². The molecular formula is C57H36N4. The fourth-order valence-corrected chi connectivity index (χ4v) is 8.95. The molecule has 12 rings (SSSR count). The minimum absolute atomic E-state index is 0.628. The van der Waals surface area contributed by atoms with Crippen LogP contribution in [0.1, 0.15) is 0 Å². The lowest BCUT2D eigenvalue weighted by Crippen LogP contribution is -2.00. The van der Waals surface area contributed by atoms with Gasteiger partial charge in [0.15, 0.2) is 17.5 Å². The molecule has 0 amide bonds. The first-order valence-electron chi connectivity index (χ1n) is 20.7. The number of para-hydroxylation sites is 2. The van der Waals surface area contributed by atoms with Gasteiger partial charge >= 0.3 is 0 Å². The summed E-state index contributed by atoms with van der Waals surface area (Å²) in [5, 5.41) is 5.08. The van der Waals surface area contributed by atoms with E-state index in [1.54, 1.807) is 0 Å². The number of nitrogens with zero attached hydrogens (tertiary/aromatic N) is 4. The van der Waals surface area contributed by atoms with Crippen molar-refractivity contribution < 1.29 is 0 Å². The molecule has 0 atom stereocenters. The Kier molecular flexibility index (Phi) is 8.13. The fourth-order valence-electron chi connectivity index (χ4n) is 8.95. The van der Waals surface area contributed by atoms with Crippen LogP contribution in [0, 0.1) is 0 Å². The highest BCUT2D eigenvalue weighted by Crippen LogP contribution is 2.40. The Balaban J connectivity index is 0.935. The van der Waals surface area contributed by atoms with E-state index in [4.69, 9.17) is 15.0 Å². The SMILES string of the molecule is c1ccc(-c2ccc(-c3ccc(-c4nc(-c5ccc(-c6ccccc6)cc5)nc(-c5cccc(-c6ccc7c(c6)c6cccc8c9ccccc9n7c86)c5)n4)cc3)cc2)cc1. The van der Waals surface area contributed by atoms with Crippen molar-refractivity contribution in [2.24, 2.45) is 0 Å². The first-order chi connectivity index (χ1) is 30.2. The Labute approximate surface area is 353 Å². The van der Waals surface area contributed by atoms with E-state index in [0.717, 1.165) is 44.5 Å². The topological polar surface area (TPSA) is 43.1 Å². The zero-order valence-electron chi connectivity index (χ0n) is 33.1. The van der Waals surface area contributed by atoms with E-state index in [0.29, 0.717) is 17.5 Å². The molecule has 0 aliphatic carbocycles. The molecule has 0 N–H and O–H groups in total. The molecule has 0 bridgehead atoms. The van der Waals surface area contributed by atoms with Gasteiger partial charge in [-0.25, -0.2) is 15.0 Å². The van der Waals surface area contributed by atoms with Crippen LogP contribution in [-0.2, 0) is 0 Å². The van der Waals surface area contributed by atoms with Crippen LogP contribution in [0.3, 0.4) is 0 Å². The lowest BCUT2D eigenvalue weighted by atomic mass is 9.99. The van der Waals surface area contributed by atoms with Gasteiger partial charge in [0.2, 0.25) is 0 Å². The molecule has 0 unspecified atom stereocenters. The molecule has 4 nitrogen and oxygen atoms in total. The van der Waals surface area contributed by atoms with Crippen LogP contribution >= 0.6 is 0 Å². The molecule has 12 aromatic rings. The van der Waals surface area contributed by atoms with Crippen molar-refractivity contribution >= 4 is 38.1 Å². The van der Waals surface area contributed by atoms with E-state index >= 15 is 0 Å². The number of aromatic nitrogens is 4. The van der Waals surface area contributed by atoms with Gasteiger partial charge in [-0.05, 0) is 68.8 Å². The second kappa shape index (κ2) is 14.3. The Hall–Kier alpha value is -8.21. The van der Waals surface area contributed by atoms with Gasteiger partial charge in [-0.2, -0.15) is 0 Å². The van der Waals surface area contributed by atoms with Gasteiger partial charge in [-0.3, -0.25) is 0 Å². The van der Waals surface area contributed by atoms with Crippen LogP contribution in [0.25, 0.3) is 117 Å². The quantitative estimate of drug-likeness (QED) is 0.162. The molecule has 0 fully saturated rings. The summed E-state index contributed by atoms with van der Waals surface area (Å²) in [4.78, 5) is 15.4. The smallest absolute Gasteiger partial charge is 0.164 e. The Morgan fingerprint density at radius 1 is 0.230 bits per heavy atom. The summed E-state index contributed by atoms with van der Waals surface area (Å²) in [5.74, 6) is 1.89. The van der Waals surface area contributed by atoms with Gasteiger partial charge in [-0.15, -0.1) is 0 Å². The molecule has 0 aliphatic rings. The minimum atomic E-state index is 0.628. The highest BCUT2D eigenvalue weighted by Gasteiger charge is 2.18. The molecular weight excluding hydrogens is 741 g/mol. The van der Waals surface area contributed by atoms with E-state index in [-0.39, 0.29) is 0 Å². The van der Waals surface area contributed by atoms with Crippen LogP contribution in [-0.4, -0.2) is 19.4 Å². The lowest BCUT2D eigenvalue weighted by Gasteiger charge is -2.11. The average Bonchev–Trinajstić information content (AvgIpc) is 3.87. The largest absolute Gasteiger partial charge is 0.308 e. The number of hydrogen-bond acceptors (Lipinski definition) is 3. The van der Waals surface area contributed by atoms with Gasteiger partial charge in [-0.1, -0.05) is 194 Å². The van der Waals surface area contributed by atoms with Crippen molar-refractivity contribution in [1.29, 1.82) is 0 Å². The van der Waals surface area contributed by atoms with Crippen molar-refractivity contribution in [1.82, 2.24) is 19.4 Å². The molecule has 9 aromatic carbocycles. The lowest BCUT2D eigenvalue weighted by molar-refractivity contribution is 1.07. The monoisotopic (exact) mass is 776 g/mol. The third-order valence-corrected chi connectivity index (χ3v) is 12.0. The summed E-state index contributed by atoms with van der Waals surface area (Å²) in [7, 11) is 0. The number of fused-ring (bicyclic) bond motifs is 6. The van der Waals surface area contributed by atoms with E-state index in [9.17, 15) is 0 Å². The standard InChI is InChI=1S/C57H36N4/c1-3-11-37(12-4-1)39-21-23-41(24-22-39)42-27-31-44(32-28-42)56-58-55(43-29-25-40(26-30-43)38-13-5-2-6-14-38)59-57(60-56)47-16-9-15-45(35-47)46-33-34-53-51(36-46)50-19-10-18-49-48-17-7-8-20-52(48)61(53)54(49)50/h1-36H. The van der Waals surface area contributed by atoms with Crippen molar-refractivity contribution in [2.75, 3.05) is 0 Å². The van der Waals surface area contributed by atoms with Crippen LogP contribution in [0.2, 0.25) is 0 Å². The molecule has 3 heterocycles. The van der Waals surface area contributed by atoms with E-state index in [1.165, 1.54) is 54.8 Å². The van der Waals surface area contributed by atoms with Crippen molar-refractivity contribution in [3.05, 3.63) is 218 Å². The summed E-state index contributed by atoms with van der Waals surface area (Å²) in [5.41, 5.74) is 15.8. The zero-order valence-corrected chi connectivity index (χ0v) is 33.1. The van der Waals surface area contributed by atoms with Crippen LogP contribution < -0.4 is 0 Å². The number of benzene rings is 9. The third kappa shape index (κ3) is 6.04. The first-order valence-corrected chi connectivity index (χ1v) is 20.7. The molecule has 3 aromatic heterocycles. The van der Waals surface area contributed by atoms with Crippen molar-refractivity contribution in [2.45, 2.75) is 0 Å². The molecule has 0 aliphatic heterocycles. The molecule has 4 heteroatoms. The summed E-state index contributed by atoms with van der Waals surface area (Å²) >= 11 is 0. The summed E-state index contributed by atoms with van der Waals surface area (Å²) < 4.78 is 2.42. The number of rotatable bonds is 7. The summed E-state index contributed by atoms with van der Waals surface area (Å²) in [6.07, 6.45) is 0. The fraction of sp³-hybridized carbons (Fsp3) is 0. The Bertz CT molecular complexity index is 3540. The van der Waals surface area contributed by atoms with Crippen molar-refractivity contribution in [3.8, 4) is 78.7 Å². The van der Waals surface area contributed by atoms with Gasteiger partial charge < -0.3 is 4.40 Å². The van der Waals surface area contributed by atoms with Gasteiger partial charge in [0, 0.05) is 38.2 Å². The highest BCUT2D eigenvalue weighted by molar-refractivity contribution is 6.23. The third-order valence-electron chi connectivity index (χ3n) is 12.0. The first kappa shape index (κ1) is 34.8. The molecule has 0 saturated heterocycles. The summed E-state index contributed by atoms with van der Waals surface area (Å²) in [6.45, 7) is 0. The van der Waals surface area contributed by atoms with Crippen LogP contribution in [0.15, 0.2) is 218 Å². The predicted octanol–water partition coefficient (Wildman–Crippen LogP) is 14.7. The van der Waals surface area contributed by atoms with E-state index in [1.807, 2.05) is 12.1 Å². The van der Waals surface area contributed by atoms with Crippen LogP contribution in [0.5, 0.6) is 0 Å². The molecule has 0 radical (unpaired) electrons. The van der Waals surface area contributed by atoms with E-state index in [2.05, 4.69) is 211 Å². The molecule has 0 saturated carbocycles. The predicted molar refractivity (Wildman–Crippen MR) is 253 cm³/mol. The second-order valence-corrected chi connectivity index (χ2v) is 15.6. The van der Waals surface area contributed by atoms with Gasteiger partial charge in [0.1, 0.15) is 0 Å². The number of hydrogen-bond donors (Lipinski definition) is 0. The van der Waals surface area contributed by atoms with Crippen LogP contribution in [0.4, 0.5) is 0 Å². The molecule has 0 spiro atoms. The molecule has 61 heavy (non-hydrogen) atoms. The summed E-state index contributed by atoms with van der Waals surface area (Å²) in [6, 6.07) is 77.4.